The molecule has 124 valence electrons. The summed E-state index contributed by atoms with van der Waals surface area (Å²) in [7, 11) is -1.61. The van der Waals surface area contributed by atoms with Crippen LogP contribution < -0.4 is 11.1 Å². The fourth-order valence-electron chi connectivity index (χ4n) is 1.44. The van der Waals surface area contributed by atoms with Crippen LogP contribution in [0.5, 0.6) is 0 Å². The third-order valence-corrected chi connectivity index (χ3v) is 5.33. The van der Waals surface area contributed by atoms with Gasteiger partial charge in [0.25, 0.3) is 0 Å². The molecule has 2 unspecified atom stereocenters. The summed E-state index contributed by atoms with van der Waals surface area (Å²) >= 11 is 11.5. The maximum Gasteiger partial charge on any atom is 0.416 e. The molecular formula is C12H13Cl2F3N2O2S. The lowest BCUT2D eigenvalue weighted by molar-refractivity contribution is -0.137. The van der Waals surface area contributed by atoms with Crippen LogP contribution in [0.4, 0.5) is 18.9 Å². The van der Waals surface area contributed by atoms with Crippen molar-refractivity contribution in [3.63, 3.8) is 0 Å². The minimum atomic E-state index is -4.62. The summed E-state index contributed by atoms with van der Waals surface area (Å²) in [5, 5.41) is 1.53. The van der Waals surface area contributed by atoms with E-state index in [9.17, 15) is 22.2 Å². The maximum absolute atomic E-state index is 12.6. The lowest BCUT2D eigenvalue weighted by Gasteiger charge is -2.24. The zero-order valence-electron chi connectivity index (χ0n) is 11.6. The number of nitrogens with one attached hydrogen (secondary N) is 1. The molecular weight excluding hydrogens is 364 g/mol. The monoisotopic (exact) mass is 376 g/mol. The number of anilines is 1. The molecule has 22 heavy (non-hydrogen) atoms. The molecule has 0 heterocycles. The molecule has 2 atom stereocenters. The highest BCUT2D eigenvalue weighted by Crippen LogP contribution is 2.38. The van der Waals surface area contributed by atoms with Crippen molar-refractivity contribution in [2.75, 3.05) is 18.1 Å². The van der Waals surface area contributed by atoms with Gasteiger partial charge in [-0.15, -0.1) is 0 Å². The van der Waals surface area contributed by atoms with Crippen molar-refractivity contribution >= 4 is 45.6 Å². The molecule has 10 heteroatoms. The van der Waals surface area contributed by atoms with E-state index in [1.54, 1.807) is 0 Å². The van der Waals surface area contributed by atoms with E-state index in [0.29, 0.717) is 12.1 Å². The number of carbonyl (C=O) groups excluding carboxylic acids is 1. The van der Waals surface area contributed by atoms with Gasteiger partial charge in [0.05, 0.1) is 21.3 Å². The molecule has 4 nitrogen and oxygen atoms in total. The lowest BCUT2D eigenvalue weighted by atomic mass is 10.1. The molecule has 0 bridgehead atoms. The summed E-state index contributed by atoms with van der Waals surface area (Å²) in [6.07, 6.45) is -3.32. The summed E-state index contributed by atoms with van der Waals surface area (Å²) in [5.74, 6) is -0.751. The van der Waals surface area contributed by atoms with Crippen LogP contribution in [0.1, 0.15) is 12.5 Å². The highest BCUT2D eigenvalue weighted by molar-refractivity contribution is 7.86. The minimum absolute atomic E-state index is 0.188. The van der Waals surface area contributed by atoms with Crippen molar-refractivity contribution in [1.29, 1.82) is 0 Å². The number of carbonyl (C=O) groups is 1. The predicted octanol–water partition coefficient (Wildman–Crippen LogP) is 3.05. The lowest BCUT2D eigenvalue weighted by Crippen LogP contribution is -2.49. The largest absolute Gasteiger partial charge is 0.416 e. The van der Waals surface area contributed by atoms with E-state index >= 15 is 0 Å². The van der Waals surface area contributed by atoms with Crippen LogP contribution in [0.2, 0.25) is 10.0 Å². The van der Waals surface area contributed by atoms with Gasteiger partial charge in [0.1, 0.15) is 4.75 Å². The molecule has 3 N–H and O–H groups in total. The second-order valence-corrected chi connectivity index (χ2v) is 7.28. The first-order valence-corrected chi connectivity index (χ1v) is 8.16. The Kier molecular flexibility index (Phi) is 5.88. The number of halogens is 5. The van der Waals surface area contributed by atoms with E-state index in [0.717, 1.165) is 0 Å². The zero-order chi connectivity index (χ0) is 17.3. The van der Waals surface area contributed by atoms with Gasteiger partial charge in [-0.25, -0.2) is 0 Å². The van der Waals surface area contributed by atoms with Crippen LogP contribution in [0.15, 0.2) is 12.1 Å². The molecule has 0 aromatic heterocycles. The topological polar surface area (TPSA) is 72.2 Å². The van der Waals surface area contributed by atoms with Crippen molar-refractivity contribution < 1.29 is 22.2 Å². The molecule has 1 rings (SSSR count). The molecule has 0 saturated heterocycles. The second kappa shape index (κ2) is 6.74. The quantitative estimate of drug-likeness (QED) is 0.847. The standard InChI is InChI=1S/C12H13Cl2F3N2O2S/c1-11(5-18,22(2)21)10(20)19-9-7(13)3-6(4-8(9)14)12(15,16)17/h3-4H,5,18H2,1-2H3,(H,19,20). The Labute approximate surface area is 137 Å². The molecule has 0 radical (unpaired) electrons. The Hall–Kier alpha value is -0.830. The van der Waals surface area contributed by atoms with Crippen LogP contribution in [-0.4, -0.2) is 27.7 Å². The Balaban J connectivity index is 3.20. The van der Waals surface area contributed by atoms with E-state index in [4.69, 9.17) is 28.9 Å². The summed E-state index contributed by atoms with van der Waals surface area (Å²) in [5.41, 5.74) is 4.22. The van der Waals surface area contributed by atoms with Gasteiger partial charge < -0.3 is 11.1 Å². The first-order valence-electron chi connectivity index (χ1n) is 5.84. The van der Waals surface area contributed by atoms with E-state index in [2.05, 4.69) is 5.32 Å². The number of nitrogens with two attached hydrogens (primary N) is 1. The fourth-order valence-corrected chi connectivity index (χ4v) is 2.57. The number of hydrogen-bond acceptors (Lipinski definition) is 3. The molecule has 0 aliphatic heterocycles. The summed E-state index contributed by atoms with van der Waals surface area (Å²) < 4.78 is 48.1. The highest BCUT2D eigenvalue weighted by Gasteiger charge is 2.37. The maximum atomic E-state index is 12.6. The molecule has 1 aromatic rings. The van der Waals surface area contributed by atoms with Crippen molar-refractivity contribution in [2.24, 2.45) is 5.73 Å². The summed E-state index contributed by atoms with van der Waals surface area (Å²) in [6.45, 7) is 1.14. The van der Waals surface area contributed by atoms with Crippen LogP contribution in [0.3, 0.4) is 0 Å². The minimum Gasteiger partial charge on any atom is -0.328 e. The number of hydrogen-bond donors (Lipinski definition) is 2. The van der Waals surface area contributed by atoms with Gasteiger partial charge in [0.15, 0.2) is 0 Å². The Bertz CT molecular complexity index is 602. The van der Waals surface area contributed by atoms with Gasteiger partial charge in [-0.1, -0.05) is 23.2 Å². The van der Waals surface area contributed by atoms with Crippen molar-refractivity contribution in [3.05, 3.63) is 27.7 Å². The van der Waals surface area contributed by atoms with E-state index < -0.39 is 33.2 Å². The van der Waals surface area contributed by atoms with Crippen molar-refractivity contribution in [2.45, 2.75) is 17.8 Å². The van der Waals surface area contributed by atoms with Gasteiger partial charge in [-0.05, 0) is 19.1 Å². The number of alkyl halides is 3. The van der Waals surface area contributed by atoms with Gasteiger partial charge >= 0.3 is 6.18 Å². The first kappa shape index (κ1) is 19.2. The highest BCUT2D eigenvalue weighted by atomic mass is 35.5. The van der Waals surface area contributed by atoms with Crippen LogP contribution in [0.25, 0.3) is 0 Å². The summed E-state index contributed by atoms with van der Waals surface area (Å²) in [6, 6.07) is 1.29. The third-order valence-electron chi connectivity index (χ3n) is 3.11. The number of amides is 1. The fraction of sp³-hybridized carbons (Fsp3) is 0.417. The molecule has 0 spiro atoms. The molecule has 0 aliphatic carbocycles. The zero-order valence-corrected chi connectivity index (χ0v) is 13.9. The Morgan fingerprint density at radius 2 is 1.77 bits per heavy atom. The van der Waals surface area contributed by atoms with Gasteiger partial charge in [-0.3, -0.25) is 9.00 Å². The van der Waals surface area contributed by atoms with Crippen LogP contribution in [0, 0.1) is 0 Å². The molecule has 0 fully saturated rings. The Morgan fingerprint density at radius 1 is 1.32 bits per heavy atom. The third kappa shape index (κ3) is 3.92. The van der Waals surface area contributed by atoms with Crippen LogP contribution >= 0.6 is 23.2 Å². The molecule has 1 amide bonds. The number of rotatable bonds is 4. The van der Waals surface area contributed by atoms with Crippen LogP contribution in [-0.2, 0) is 21.8 Å². The molecule has 0 aliphatic rings. The van der Waals surface area contributed by atoms with Crippen molar-refractivity contribution in [1.82, 2.24) is 0 Å². The predicted molar refractivity (Wildman–Crippen MR) is 81.6 cm³/mol. The summed E-state index contributed by atoms with van der Waals surface area (Å²) in [4.78, 5) is 12.2. The van der Waals surface area contributed by atoms with E-state index in [1.807, 2.05) is 0 Å². The second-order valence-electron chi connectivity index (χ2n) is 4.66. The van der Waals surface area contributed by atoms with E-state index in [-0.39, 0.29) is 22.3 Å². The average molecular weight is 377 g/mol. The molecule has 0 saturated carbocycles. The van der Waals surface area contributed by atoms with Gasteiger partial charge in [-0.2, -0.15) is 13.2 Å². The normalized spacial score (nSPS) is 16.0. The smallest absolute Gasteiger partial charge is 0.328 e. The molecule has 1 aromatic carbocycles. The van der Waals surface area contributed by atoms with Crippen molar-refractivity contribution in [3.8, 4) is 0 Å². The SMILES string of the molecule is CS(=O)C(C)(CN)C(=O)Nc1c(Cl)cc(C(F)(F)F)cc1Cl. The van der Waals surface area contributed by atoms with Gasteiger partial charge in [0.2, 0.25) is 5.91 Å². The van der Waals surface area contributed by atoms with E-state index in [1.165, 1.54) is 13.2 Å². The average Bonchev–Trinajstić information content (AvgIpc) is 2.39. The number of benzene rings is 1. The Morgan fingerprint density at radius 3 is 2.09 bits per heavy atom. The van der Waals surface area contributed by atoms with Gasteiger partial charge in [0, 0.05) is 23.6 Å². The first-order chi connectivity index (χ1) is 9.93.